The number of fused-ring (bicyclic) bond motifs is 1. The Balaban J connectivity index is 1.36. The molecular formula is C27H33N5O2. The zero-order chi connectivity index (χ0) is 23.7. The molecule has 34 heavy (non-hydrogen) atoms. The second-order valence-corrected chi connectivity index (χ2v) is 9.78. The summed E-state index contributed by atoms with van der Waals surface area (Å²) in [6, 6.07) is 14.1. The lowest BCUT2D eigenvalue weighted by atomic mass is 9.85. The number of aromatic nitrogens is 2. The van der Waals surface area contributed by atoms with Crippen molar-refractivity contribution in [2.75, 3.05) is 24.5 Å². The fraction of sp³-hybridized carbons (Fsp3) is 0.444. The van der Waals surface area contributed by atoms with Crippen LogP contribution in [0.25, 0.3) is 5.65 Å². The van der Waals surface area contributed by atoms with Gasteiger partial charge in [0.25, 0.3) is 11.5 Å². The van der Waals surface area contributed by atoms with Crippen LogP contribution in [0.4, 0.5) is 5.69 Å². The van der Waals surface area contributed by atoms with Gasteiger partial charge < -0.3 is 16.0 Å². The average Bonchev–Trinajstić information content (AvgIpc) is 2.83. The van der Waals surface area contributed by atoms with Crippen LogP contribution in [-0.4, -0.2) is 41.0 Å². The van der Waals surface area contributed by atoms with Crippen molar-refractivity contribution in [2.45, 2.75) is 51.0 Å². The van der Waals surface area contributed by atoms with E-state index < -0.39 is 5.91 Å². The lowest BCUT2D eigenvalue weighted by Crippen LogP contribution is -2.47. The minimum absolute atomic E-state index is 0.0455. The number of carbonyl (C=O) groups excluding carboxylic acids is 1. The smallest absolute Gasteiger partial charge is 0.267 e. The maximum Gasteiger partial charge on any atom is 0.267 e. The zero-order valence-corrected chi connectivity index (χ0v) is 19.7. The number of nitrogens with zero attached hydrogens (tertiary/aromatic N) is 3. The van der Waals surface area contributed by atoms with Gasteiger partial charge in [-0.2, -0.15) is 0 Å². The predicted octanol–water partition coefficient (Wildman–Crippen LogP) is 3.30. The van der Waals surface area contributed by atoms with Crippen LogP contribution in [0.2, 0.25) is 0 Å². The van der Waals surface area contributed by atoms with Gasteiger partial charge in [-0.1, -0.05) is 31.5 Å². The van der Waals surface area contributed by atoms with Crippen molar-refractivity contribution in [3.05, 3.63) is 75.8 Å². The second kappa shape index (κ2) is 9.58. The monoisotopic (exact) mass is 459 g/mol. The maximum atomic E-state index is 13.3. The molecule has 1 saturated carbocycles. The fourth-order valence-electron chi connectivity index (χ4n) is 5.23. The molecule has 7 nitrogen and oxygen atoms in total. The highest BCUT2D eigenvalue weighted by molar-refractivity contribution is 5.93. The summed E-state index contributed by atoms with van der Waals surface area (Å²) in [4.78, 5) is 32.3. The van der Waals surface area contributed by atoms with Crippen molar-refractivity contribution in [2.24, 2.45) is 11.7 Å². The van der Waals surface area contributed by atoms with E-state index in [1.165, 1.54) is 42.2 Å². The Morgan fingerprint density at radius 1 is 1.15 bits per heavy atom. The van der Waals surface area contributed by atoms with Gasteiger partial charge in [-0.05, 0) is 68.0 Å². The lowest BCUT2D eigenvalue weighted by Gasteiger charge is -2.36. The number of primary amides is 1. The summed E-state index contributed by atoms with van der Waals surface area (Å²) in [5, 5.41) is 3.78. The summed E-state index contributed by atoms with van der Waals surface area (Å²) in [5.74, 6) is -0.127. The third-order valence-electron chi connectivity index (χ3n) is 7.54. The van der Waals surface area contributed by atoms with Crippen molar-refractivity contribution in [1.29, 1.82) is 0 Å². The van der Waals surface area contributed by atoms with E-state index in [0.29, 0.717) is 17.3 Å². The topological polar surface area (TPSA) is 92.7 Å². The number of nitrogens with one attached hydrogen (secondary N) is 1. The highest BCUT2D eigenvalue weighted by atomic mass is 16.1. The van der Waals surface area contributed by atoms with Crippen LogP contribution in [0.5, 0.6) is 0 Å². The molecule has 0 radical (unpaired) electrons. The Morgan fingerprint density at radius 2 is 1.94 bits per heavy atom. The Labute approximate surface area is 200 Å². The molecule has 2 aromatic heterocycles. The number of piperidine rings is 1. The van der Waals surface area contributed by atoms with Crippen molar-refractivity contribution in [3.8, 4) is 0 Å². The van der Waals surface area contributed by atoms with E-state index in [-0.39, 0.29) is 17.2 Å². The zero-order valence-electron chi connectivity index (χ0n) is 19.7. The molecule has 2 fully saturated rings. The van der Waals surface area contributed by atoms with Gasteiger partial charge in [-0.25, -0.2) is 4.98 Å². The largest absolute Gasteiger partial charge is 0.370 e. The normalized spacial score (nSPS) is 19.7. The van der Waals surface area contributed by atoms with Gasteiger partial charge in [0.15, 0.2) is 0 Å². The maximum absolute atomic E-state index is 13.3. The van der Waals surface area contributed by atoms with Crippen molar-refractivity contribution < 1.29 is 4.79 Å². The molecule has 1 amide bonds. The van der Waals surface area contributed by atoms with Gasteiger partial charge in [-0.3, -0.25) is 14.0 Å². The van der Waals surface area contributed by atoms with Crippen LogP contribution < -0.4 is 21.5 Å². The molecule has 0 unspecified atom stereocenters. The number of carbonyl (C=O) groups is 1. The summed E-state index contributed by atoms with van der Waals surface area (Å²) >= 11 is 0. The van der Waals surface area contributed by atoms with E-state index in [0.717, 1.165) is 31.1 Å². The van der Waals surface area contributed by atoms with Gasteiger partial charge in [0.1, 0.15) is 11.3 Å². The minimum atomic E-state index is -0.685. The van der Waals surface area contributed by atoms with E-state index >= 15 is 0 Å². The lowest BCUT2D eigenvalue weighted by molar-refractivity contribution is 0.0994. The Kier molecular flexibility index (Phi) is 6.37. The number of rotatable bonds is 7. The van der Waals surface area contributed by atoms with Crippen molar-refractivity contribution in [1.82, 2.24) is 14.7 Å². The molecule has 7 heteroatoms. The molecule has 1 aliphatic carbocycles. The van der Waals surface area contributed by atoms with Gasteiger partial charge >= 0.3 is 0 Å². The Morgan fingerprint density at radius 3 is 2.65 bits per heavy atom. The standard InChI is InChI=1S/C27H33N5O2/c1-18(24-25(26(28)33)30-23-9-2-3-15-32(23)27(24)34)20-10-12-22(13-11-20)31-14-5-8-21(17-31)29-16-19-6-4-7-19/h2-3,9-13,15,18-19,21,29H,4-8,14,16-17H2,1H3,(H2,28,33)/t18-,21+/m0/s1. The van der Waals surface area contributed by atoms with Gasteiger partial charge in [0, 0.05) is 36.9 Å². The quantitative estimate of drug-likeness (QED) is 0.566. The van der Waals surface area contributed by atoms with E-state index in [9.17, 15) is 9.59 Å². The number of pyridine rings is 1. The molecule has 2 aliphatic rings. The summed E-state index contributed by atoms with van der Waals surface area (Å²) in [6.45, 7) is 5.14. The Hall–Kier alpha value is -3.19. The minimum Gasteiger partial charge on any atom is -0.370 e. The summed E-state index contributed by atoms with van der Waals surface area (Å²) in [7, 11) is 0. The second-order valence-electron chi connectivity index (χ2n) is 9.78. The molecule has 2 atom stereocenters. The first-order valence-corrected chi connectivity index (χ1v) is 12.4. The summed E-state index contributed by atoms with van der Waals surface area (Å²) in [5.41, 5.74) is 8.30. The van der Waals surface area contributed by atoms with Crippen LogP contribution in [-0.2, 0) is 0 Å². The molecule has 178 valence electrons. The Bertz CT molecular complexity index is 1230. The molecule has 1 saturated heterocycles. The van der Waals surface area contributed by atoms with E-state index in [1.807, 2.05) is 6.92 Å². The molecule has 3 N–H and O–H groups in total. The first-order chi connectivity index (χ1) is 16.5. The molecule has 3 heterocycles. The number of hydrogen-bond donors (Lipinski definition) is 2. The van der Waals surface area contributed by atoms with E-state index in [1.54, 1.807) is 24.4 Å². The molecule has 0 bridgehead atoms. The summed E-state index contributed by atoms with van der Waals surface area (Å²) < 4.78 is 1.47. The van der Waals surface area contributed by atoms with Crippen LogP contribution in [0.1, 0.15) is 66.6 Å². The van der Waals surface area contributed by atoms with E-state index in [4.69, 9.17) is 5.73 Å². The molecule has 3 aromatic rings. The number of benzene rings is 1. The number of hydrogen-bond acceptors (Lipinski definition) is 5. The van der Waals surface area contributed by atoms with Gasteiger partial charge in [0.2, 0.25) is 0 Å². The van der Waals surface area contributed by atoms with E-state index in [2.05, 4.69) is 39.5 Å². The van der Waals surface area contributed by atoms with Crippen LogP contribution in [0, 0.1) is 5.92 Å². The van der Waals surface area contributed by atoms with Crippen LogP contribution in [0.15, 0.2) is 53.5 Å². The highest BCUT2D eigenvalue weighted by Crippen LogP contribution is 2.28. The number of nitrogens with two attached hydrogens (primary N) is 1. The summed E-state index contributed by atoms with van der Waals surface area (Å²) in [6.07, 6.45) is 8.21. The molecule has 1 aromatic carbocycles. The van der Waals surface area contributed by atoms with Crippen LogP contribution in [0.3, 0.4) is 0 Å². The first kappa shape index (κ1) is 22.6. The molecule has 0 spiro atoms. The third kappa shape index (κ3) is 4.44. The van der Waals surface area contributed by atoms with Crippen molar-refractivity contribution >= 4 is 17.2 Å². The number of amides is 1. The molecular weight excluding hydrogens is 426 g/mol. The van der Waals surface area contributed by atoms with Crippen molar-refractivity contribution in [3.63, 3.8) is 0 Å². The fourth-order valence-corrected chi connectivity index (χ4v) is 5.23. The van der Waals surface area contributed by atoms with Gasteiger partial charge in [0.05, 0.1) is 5.56 Å². The third-order valence-corrected chi connectivity index (χ3v) is 7.54. The highest BCUT2D eigenvalue weighted by Gasteiger charge is 2.25. The van der Waals surface area contributed by atoms with Gasteiger partial charge in [-0.15, -0.1) is 0 Å². The first-order valence-electron chi connectivity index (χ1n) is 12.4. The number of anilines is 1. The average molecular weight is 460 g/mol. The SMILES string of the molecule is C[C@@H](c1ccc(N2CCC[C@@H](NCC3CCC3)C2)cc1)c1c(C(N)=O)nc2ccccn2c1=O. The molecule has 1 aliphatic heterocycles. The predicted molar refractivity (Wildman–Crippen MR) is 135 cm³/mol. The molecule has 5 rings (SSSR count). The van der Waals surface area contributed by atoms with Crippen LogP contribution >= 0.6 is 0 Å².